The van der Waals surface area contributed by atoms with Gasteiger partial charge in [0, 0.05) is 17.5 Å². The van der Waals surface area contributed by atoms with Gasteiger partial charge in [0.05, 0.1) is 16.7 Å². The summed E-state index contributed by atoms with van der Waals surface area (Å²) in [5, 5.41) is 14.6. The molecule has 112 valence electrons. The zero-order valence-electron chi connectivity index (χ0n) is 11.6. The first-order valence-corrected chi connectivity index (χ1v) is 7.09. The van der Waals surface area contributed by atoms with Crippen molar-refractivity contribution in [3.05, 3.63) is 45.4 Å². The molecule has 1 N–H and O–H groups in total. The zero-order valence-corrected chi connectivity index (χ0v) is 12.4. The highest BCUT2D eigenvalue weighted by Crippen LogP contribution is 2.32. The van der Waals surface area contributed by atoms with Gasteiger partial charge in [0.2, 0.25) is 0 Å². The fraction of sp³-hybridized carbons (Fsp3) is 0.357. The van der Waals surface area contributed by atoms with Crippen LogP contribution in [0.2, 0.25) is 5.02 Å². The molecule has 0 fully saturated rings. The number of aryl methyl sites for hydroxylation is 1. The Morgan fingerprint density at radius 2 is 2.29 bits per heavy atom. The topological polar surface area (TPSA) is 81.2 Å². The van der Waals surface area contributed by atoms with Crippen molar-refractivity contribution in [2.24, 2.45) is 0 Å². The Bertz CT molecular complexity index is 628. The molecule has 0 aliphatic rings. The summed E-state index contributed by atoms with van der Waals surface area (Å²) in [5.74, 6) is 0.962. The van der Waals surface area contributed by atoms with Crippen LogP contribution in [0.15, 0.2) is 28.8 Å². The number of nitrogens with zero attached hydrogens (tertiary/aromatic N) is 2. The number of hydrogen-bond acceptors (Lipinski definition) is 5. The second kappa shape index (κ2) is 7.19. The van der Waals surface area contributed by atoms with Gasteiger partial charge in [-0.2, -0.15) is 0 Å². The maximum atomic E-state index is 11.1. The lowest BCUT2D eigenvalue weighted by molar-refractivity contribution is -0.384. The van der Waals surface area contributed by atoms with Crippen LogP contribution in [0.5, 0.6) is 0 Å². The van der Waals surface area contributed by atoms with E-state index in [0.717, 1.165) is 19.5 Å². The third kappa shape index (κ3) is 4.03. The minimum atomic E-state index is -0.478. The van der Waals surface area contributed by atoms with Crippen LogP contribution in [0.3, 0.4) is 0 Å². The van der Waals surface area contributed by atoms with Gasteiger partial charge in [0.15, 0.2) is 11.7 Å². The third-order valence-electron chi connectivity index (χ3n) is 2.97. The van der Waals surface area contributed by atoms with E-state index < -0.39 is 4.92 Å². The van der Waals surface area contributed by atoms with Crippen molar-refractivity contribution in [2.45, 2.75) is 19.8 Å². The number of nitro groups is 1. The number of halogens is 1. The van der Waals surface area contributed by atoms with Crippen LogP contribution in [-0.4, -0.2) is 23.0 Å². The quantitative estimate of drug-likeness (QED) is 0.481. The number of nitro benzene ring substituents is 1. The van der Waals surface area contributed by atoms with Crippen molar-refractivity contribution >= 4 is 17.3 Å². The predicted octanol–water partition coefficient (Wildman–Crippen LogP) is 3.45. The fourth-order valence-electron chi connectivity index (χ4n) is 1.96. The second-order valence-corrected chi connectivity index (χ2v) is 4.93. The van der Waals surface area contributed by atoms with E-state index in [0.29, 0.717) is 28.7 Å². The Balaban J connectivity index is 2.16. The van der Waals surface area contributed by atoms with Gasteiger partial charge in [-0.1, -0.05) is 18.5 Å². The summed E-state index contributed by atoms with van der Waals surface area (Å²) < 4.78 is 5.59. The average Bonchev–Trinajstić information content (AvgIpc) is 2.92. The minimum absolute atomic E-state index is 0.0853. The van der Waals surface area contributed by atoms with E-state index in [1.807, 2.05) is 6.92 Å². The van der Waals surface area contributed by atoms with Gasteiger partial charge in [0.1, 0.15) is 0 Å². The molecule has 0 radical (unpaired) electrons. The molecule has 6 nitrogen and oxygen atoms in total. The molecular weight excluding hydrogens is 294 g/mol. The molecule has 7 heteroatoms. The van der Waals surface area contributed by atoms with Crippen LogP contribution >= 0.6 is 11.6 Å². The Hall–Kier alpha value is -1.92. The van der Waals surface area contributed by atoms with E-state index >= 15 is 0 Å². The average molecular weight is 310 g/mol. The summed E-state index contributed by atoms with van der Waals surface area (Å²) in [6.45, 7) is 3.85. The Labute approximate surface area is 127 Å². The lowest BCUT2D eigenvalue weighted by atomic mass is 10.1. The van der Waals surface area contributed by atoms with Gasteiger partial charge in [-0.3, -0.25) is 10.1 Å². The molecule has 0 saturated heterocycles. The molecule has 0 bridgehead atoms. The van der Waals surface area contributed by atoms with Gasteiger partial charge >= 0.3 is 0 Å². The molecule has 0 aliphatic carbocycles. The lowest BCUT2D eigenvalue weighted by Gasteiger charge is -2.00. The molecule has 0 atom stereocenters. The molecule has 1 aromatic heterocycles. The van der Waals surface area contributed by atoms with Crippen LogP contribution in [0, 0.1) is 10.1 Å². The number of nitrogens with one attached hydrogen (secondary N) is 1. The molecule has 0 saturated carbocycles. The van der Waals surface area contributed by atoms with Crippen molar-refractivity contribution < 1.29 is 9.34 Å². The summed E-state index contributed by atoms with van der Waals surface area (Å²) in [6, 6.07) is 4.48. The smallest absolute Gasteiger partial charge is 0.281 e. The van der Waals surface area contributed by atoms with E-state index in [-0.39, 0.29) is 5.69 Å². The summed E-state index contributed by atoms with van der Waals surface area (Å²) in [6.07, 6.45) is 3.10. The standard InChI is InChI=1S/C14H16ClN3O3/c1-2-16-7-3-4-14-17-9-13(21-14)11-6-5-10(15)8-12(11)18(19)20/h5-6,8-9,16H,2-4,7H2,1H3. The van der Waals surface area contributed by atoms with Gasteiger partial charge < -0.3 is 9.73 Å². The van der Waals surface area contributed by atoms with Crippen LogP contribution in [0.1, 0.15) is 19.2 Å². The molecule has 0 spiro atoms. The number of rotatable bonds is 7. The van der Waals surface area contributed by atoms with Crippen molar-refractivity contribution in [3.8, 4) is 11.3 Å². The number of benzene rings is 1. The molecule has 1 heterocycles. The van der Waals surface area contributed by atoms with E-state index in [1.54, 1.807) is 12.1 Å². The van der Waals surface area contributed by atoms with E-state index in [1.165, 1.54) is 12.3 Å². The van der Waals surface area contributed by atoms with Crippen molar-refractivity contribution in [1.29, 1.82) is 0 Å². The molecule has 2 aromatic rings. The van der Waals surface area contributed by atoms with Gasteiger partial charge in [-0.05, 0) is 31.6 Å². The Morgan fingerprint density at radius 1 is 1.48 bits per heavy atom. The van der Waals surface area contributed by atoms with E-state index in [4.69, 9.17) is 16.0 Å². The first-order chi connectivity index (χ1) is 10.1. The highest BCUT2D eigenvalue weighted by atomic mass is 35.5. The van der Waals surface area contributed by atoms with E-state index in [9.17, 15) is 10.1 Å². The minimum Gasteiger partial charge on any atom is -0.440 e. The molecular formula is C14H16ClN3O3. The molecule has 0 amide bonds. The zero-order chi connectivity index (χ0) is 15.2. The van der Waals surface area contributed by atoms with Crippen LogP contribution in [0.25, 0.3) is 11.3 Å². The fourth-order valence-corrected chi connectivity index (χ4v) is 2.12. The molecule has 2 rings (SSSR count). The predicted molar refractivity (Wildman–Crippen MR) is 80.5 cm³/mol. The van der Waals surface area contributed by atoms with Crippen molar-refractivity contribution in [1.82, 2.24) is 10.3 Å². The van der Waals surface area contributed by atoms with Gasteiger partial charge in [-0.25, -0.2) is 4.98 Å². The number of aromatic nitrogens is 1. The summed E-state index contributed by atoms with van der Waals surface area (Å²) >= 11 is 5.79. The Kier molecular flexibility index (Phi) is 5.30. The summed E-state index contributed by atoms with van der Waals surface area (Å²) in [5.41, 5.74) is 0.299. The van der Waals surface area contributed by atoms with Gasteiger partial charge in [0.25, 0.3) is 5.69 Å². The SMILES string of the molecule is CCNCCCc1ncc(-c2ccc(Cl)cc2[N+](=O)[O-])o1. The molecule has 0 unspecified atom stereocenters. The normalized spacial score (nSPS) is 10.8. The van der Waals surface area contributed by atoms with E-state index in [2.05, 4.69) is 10.3 Å². The second-order valence-electron chi connectivity index (χ2n) is 4.49. The van der Waals surface area contributed by atoms with Crippen molar-refractivity contribution in [2.75, 3.05) is 13.1 Å². The van der Waals surface area contributed by atoms with Crippen molar-refractivity contribution in [3.63, 3.8) is 0 Å². The first-order valence-electron chi connectivity index (χ1n) is 6.71. The lowest BCUT2D eigenvalue weighted by Crippen LogP contribution is -2.14. The number of hydrogen-bond donors (Lipinski definition) is 1. The van der Waals surface area contributed by atoms with Crippen LogP contribution in [0.4, 0.5) is 5.69 Å². The maximum Gasteiger partial charge on any atom is 0.281 e. The van der Waals surface area contributed by atoms with Crippen LogP contribution < -0.4 is 5.32 Å². The maximum absolute atomic E-state index is 11.1. The molecule has 1 aromatic carbocycles. The molecule has 21 heavy (non-hydrogen) atoms. The summed E-state index contributed by atoms with van der Waals surface area (Å²) in [4.78, 5) is 14.8. The summed E-state index contributed by atoms with van der Waals surface area (Å²) in [7, 11) is 0. The Morgan fingerprint density at radius 3 is 3.00 bits per heavy atom. The third-order valence-corrected chi connectivity index (χ3v) is 3.20. The highest BCUT2D eigenvalue weighted by molar-refractivity contribution is 6.30. The number of oxazole rings is 1. The first kappa shape index (κ1) is 15.5. The van der Waals surface area contributed by atoms with Crippen LogP contribution in [-0.2, 0) is 6.42 Å². The monoisotopic (exact) mass is 309 g/mol. The highest BCUT2D eigenvalue weighted by Gasteiger charge is 2.19. The largest absolute Gasteiger partial charge is 0.440 e. The van der Waals surface area contributed by atoms with Gasteiger partial charge in [-0.15, -0.1) is 0 Å². The molecule has 0 aliphatic heterocycles.